The highest BCUT2D eigenvalue weighted by molar-refractivity contribution is 7.88. The molecule has 1 aromatic carbocycles. The van der Waals surface area contributed by atoms with Gasteiger partial charge in [-0.2, -0.15) is 21.6 Å². The minimum atomic E-state index is -5.63. The standard InChI is InChI=1S/C14H17F3O3S/c1-10-7-8-12(11-5-3-2-4-6-11)13(9-10)20-21(18,19)14(15,16)17/h7-9,11H,2-6H2,1H3. The van der Waals surface area contributed by atoms with Crippen molar-refractivity contribution in [2.45, 2.75) is 50.5 Å². The smallest absolute Gasteiger partial charge is 0.376 e. The molecule has 0 radical (unpaired) electrons. The van der Waals surface area contributed by atoms with Crippen LogP contribution in [0.1, 0.15) is 49.1 Å². The number of aryl methyl sites for hydroxylation is 1. The van der Waals surface area contributed by atoms with Gasteiger partial charge in [0.15, 0.2) is 0 Å². The molecule has 0 bridgehead atoms. The fourth-order valence-electron chi connectivity index (χ4n) is 2.63. The monoisotopic (exact) mass is 322 g/mol. The van der Waals surface area contributed by atoms with Crippen molar-refractivity contribution in [3.05, 3.63) is 29.3 Å². The van der Waals surface area contributed by atoms with E-state index < -0.39 is 15.6 Å². The van der Waals surface area contributed by atoms with Gasteiger partial charge in [0.25, 0.3) is 0 Å². The van der Waals surface area contributed by atoms with Crippen molar-refractivity contribution in [1.82, 2.24) is 0 Å². The molecule has 0 spiro atoms. The maximum atomic E-state index is 12.5. The Bertz CT molecular complexity index is 602. The van der Waals surface area contributed by atoms with Gasteiger partial charge < -0.3 is 4.18 Å². The molecule has 0 heterocycles. The van der Waals surface area contributed by atoms with Gasteiger partial charge >= 0.3 is 15.6 Å². The average molecular weight is 322 g/mol. The Morgan fingerprint density at radius 2 is 1.76 bits per heavy atom. The normalized spacial score (nSPS) is 17.7. The third kappa shape index (κ3) is 3.70. The molecule has 0 atom stereocenters. The van der Waals surface area contributed by atoms with E-state index in [0.717, 1.165) is 32.1 Å². The maximum absolute atomic E-state index is 12.5. The first-order valence-corrected chi connectivity index (χ1v) is 8.23. The van der Waals surface area contributed by atoms with Crippen LogP contribution in [-0.4, -0.2) is 13.9 Å². The maximum Gasteiger partial charge on any atom is 0.534 e. The number of benzene rings is 1. The molecule has 1 saturated carbocycles. The van der Waals surface area contributed by atoms with Gasteiger partial charge in [0.1, 0.15) is 5.75 Å². The number of halogens is 3. The number of rotatable bonds is 3. The van der Waals surface area contributed by atoms with Gasteiger partial charge in [0.2, 0.25) is 0 Å². The van der Waals surface area contributed by atoms with Gasteiger partial charge in [-0.3, -0.25) is 0 Å². The molecule has 3 nitrogen and oxygen atoms in total. The zero-order valence-electron chi connectivity index (χ0n) is 11.6. The van der Waals surface area contributed by atoms with Crippen LogP contribution in [0.4, 0.5) is 13.2 Å². The second-order valence-electron chi connectivity index (χ2n) is 5.36. The van der Waals surface area contributed by atoms with E-state index in [-0.39, 0.29) is 11.7 Å². The lowest BCUT2D eigenvalue weighted by atomic mass is 9.83. The van der Waals surface area contributed by atoms with E-state index in [1.54, 1.807) is 19.1 Å². The summed E-state index contributed by atoms with van der Waals surface area (Å²) >= 11 is 0. The van der Waals surface area contributed by atoms with Crippen LogP contribution in [0, 0.1) is 6.92 Å². The highest BCUT2D eigenvalue weighted by atomic mass is 32.2. The Morgan fingerprint density at radius 1 is 1.14 bits per heavy atom. The Kier molecular flexibility index (Phi) is 4.51. The van der Waals surface area contributed by atoms with E-state index in [2.05, 4.69) is 4.18 Å². The molecule has 0 aliphatic heterocycles. The van der Waals surface area contributed by atoms with Crippen LogP contribution in [0.2, 0.25) is 0 Å². The van der Waals surface area contributed by atoms with Crippen LogP contribution in [0.15, 0.2) is 18.2 Å². The summed E-state index contributed by atoms with van der Waals surface area (Å²) < 4.78 is 64.3. The summed E-state index contributed by atoms with van der Waals surface area (Å²) in [5, 5.41) is 0. The SMILES string of the molecule is Cc1ccc(C2CCCCC2)c(OS(=O)(=O)C(F)(F)F)c1. The van der Waals surface area contributed by atoms with E-state index in [1.165, 1.54) is 6.07 Å². The molecule has 0 amide bonds. The number of alkyl halides is 3. The molecule has 7 heteroatoms. The summed E-state index contributed by atoms with van der Waals surface area (Å²) in [6, 6.07) is 4.79. The van der Waals surface area contributed by atoms with Gasteiger partial charge in [0.05, 0.1) is 0 Å². The molecule has 21 heavy (non-hydrogen) atoms. The van der Waals surface area contributed by atoms with E-state index >= 15 is 0 Å². The highest BCUT2D eigenvalue weighted by Gasteiger charge is 2.49. The van der Waals surface area contributed by atoms with Crippen molar-refractivity contribution in [2.24, 2.45) is 0 Å². The van der Waals surface area contributed by atoms with Crippen LogP contribution < -0.4 is 4.18 Å². The van der Waals surface area contributed by atoms with Gasteiger partial charge in [-0.25, -0.2) is 0 Å². The van der Waals surface area contributed by atoms with Crippen LogP contribution in [0.5, 0.6) is 5.75 Å². The Hall–Kier alpha value is -1.24. The molecular formula is C14H17F3O3S. The zero-order valence-corrected chi connectivity index (χ0v) is 12.4. The highest BCUT2D eigenvalue weighted by Crippen LogP contribution is 2.39. The van der Waals surface area contributed by atoms with Gasteiger partial charge in [-0.05, 0) is 42.9 Å². The van der Waals surface area contributed by atoms with Crippen LogP contribution in [-0.2, 0) is 10.1 Å². The van der Waals surface area contributed by atoms with Crippen molar-refractivity contribution in [3.63, 3.8) is 0 Å². The molecule has 0 N–H and O–H groups in total. The first kappa shape index (κ1) is 16.1. The molecule has 1 aliphatic rings. The van der Waals surface area contributed by atoms with Crippen molar-refractivity contribution in [3.8, 4) is 5.75 Å². The van der Waals surface area contributed by atoms with E-state index in [1.807, 2.05) is 0 Å². The summed E-state index contributed by atoms with van der Waals surface area (Å²) in [4.78, 5) is 0. The summed E-state index contributed by atoms with van der Waals surface area (Å²) in [6.45, 7) is 1.68. The van der Waals surface area contributed by atoms with Crippen molar-refractivity contribution in [1.29, 1.82) is 0 Å². The fourth-order valence-corrected chi connectivity index (χ4v) is 3.11. The first-order valence-electron chi connectivity index (χ1n) is 6.82. The summed E-state index contributed by atoms with van der Waals surface area (Å²) in [7, 11) is -5.63. The van der Waals surface area contributed by atoms with E-state index in [0.29, 0.717) is 11.1 Å². The van der Waals surface area contributed by atoms with Crippen LogP contribution in [0.3, 0.4) is 0 Å². The quantitative estimate of drug-likeness (QED) is 0.616. The third-order valence-corrected chi connectivity index (χ3v) is 4.66. The number of hydrogen-bond donors (Lipinski definition) is 0. The zero-order chi connectivity index (χ0) is 15.7. The third-order valence-electron chi connectivity index (χ3n) is 3.70. The van der Waals surface area contributed by atoms with Crippen molar-refractivity contribution < 1.29 is 25.8 Å². The van der Waals surface area contributed by atoms with E-state index in [9.17, 15) is 21.6 Å². The molecule has 0 aromatic heterocycles. The fraction of sp³-hybridized carbons (Fsp3) is 0.571. The molecule has 1 aromatic rings. The molecule has 2 rings (SSSR count). The molecular weight excluding hydrogens is 305 g/mol. The van der Waals surface area contributed by atoms with E-state index in [4.69, 9.17) is 0 Å². The number of hydrogen-bond acceptors (Lipinski definition) is 3. The summed E-state index contributed by atoms with van der Waals surface area (Å²) in [5.41, 5.74) is -4.21. The van der Waals surface area contributed by atoms with Crippen molar-refractivity contribution >= 4 is 10.1 Å². The molecule has 0 saturated heterocycles. The minimum absolute atomic E-state index is 0.0535. The summed E-state index contributed by atoms with van der Waals surface area (Å²) in [5.74, 6) is -0.142. The topological polar surface area (TPSA) is 43.4 Å². The lowest BCUT2D eigenvalue weighted by molar-refractivity contribution is -0.0500. The molecule has 1 aliphatic carbocycles. The van der Waals surface area contributed by atoms with Gasteiger partial charge in [-0.15, -0.1) is 0 Å². The lowest BCUT2D eigenvalue weighted by Gasteiger charge is -2.24. The lowest BCUT2D eigenvalue weighted by Crippen LogP contribution is -2.28. The predicted octanol–water partition coefficient (Wildman–Crippen LogP) is 4.27. The largest absolute Gasteiger partial charge is 0.534 e. The Balaban J connectivity index is 2.36. The average Bonchev–Trinajstić information content (AvgIpc) is 2.38. The molecule has 0 unspecified atom stereocenters. The second-order valence-corrected chi connectivity index (χ2v) is 6.90. The molecule has 118 valence electrons. The Morgan fingerprint density at radius 3 is 2.33 bits per heavy atom. The van der Waals surface area contributed by atoms with Crippen molar-refractivity contribution in [2.75, 3.05) is 0 Å². The second kappa shape index (κ2) is 5.87. The predicted molar refractivity (Wildman–Crippen MR) is 72.6 cm³/mol. The van der Waals surface area contributed by atoms with Crippen LogP contribution >= 0.6 is 0 Å². The summed E-state index contributed by atoms with van der Waals surface area (Å²) in [6.07, 6.45) is 4.75. The Labute approximate surface area is 122 Å². The minimum Gasteiger partial charge on any atom is -0.376 e. The van der Waals surface area contributed by atoms with Crippen LogP contribution in [0.25, 0.3) is 0 Å². The van der Waals surface area contributed by atoms with Gasteiger partial charge in [-0.1, -0.05) is 31.4 Å². The molecule has 1 fully saturated rings. The first-order chi connectivity index (χ1) is 9.71. The van der Waals surface area contributed by atoms with Gasteiger partial charge in [0, 0.05) is 0 Å².